The highest BCUT2D eigenvalue weighted by Crippen LogP contribution is 2.63. The lowest BCUT2D eigenvalue weighted by molar-refractivity contribution is -0.129. The number of nitrogens with zero attached hydrogens (tertiary/aromatic N) is 2. The van der Waals surface area contributed by atoms with Crippen LogP contribution in [0.4, 0.5) is 0 Å². The van der Waals surface area contributed by atoms with E-state index in [2.05, 4.69) is 25.0 Å². The van der Waals surface area contributed by atoms with E-state index in [1.54, 1.807) is 5.57 Å². The molecule has 1 aromatic rings. The van der Waals surface area contributed by atoms with Gasteiger partial charge in [0.25, 0.3) is 0 Å². The molecule has 7 atom stereocenters. The molecule has 152 valence electrons. The average molecular weight is 381 g/mol. The summed E-state index contributed by atoms with van der Waals surface area (Å²) < 4.78 is 1.85. The molecule has 4 aliphatic carbocycles. The third-order valence-electron chi connectivity index (χ3n) is 9.17. The smallest absolute Gasteiger partial charge is 0.157 e. The number of allylic oxidation sites excluding steroid dienone is 2. The first-order valence-electron chi connectivity index (χ1n) is 11.7. The Balaban J connectivity index is 1.34. The molecule has 4 aliphatic rings. The number of aromatic nitrogens is 2. The molecule has 0 aromatic carbocycles. The number of fused-ring (bicyclic) bond motifs is 5. The normalized spacial score (nSPS) is 42.3. The lowest BCUT2D eigenvalue weighted by atomic mass is 9.51. The van der Waals surface area contributed by atoms with E-state index in [1.807, 2.05) is 23.9 Å². The Labute approximate surface area is 170 Å². The molecule has 0 amide bonds. The molecule has 0 bridgehead atoms. The van der Waals surface area contributed by atoms with Gasteiger partial charge in [-0.3, -0.25) is 9.48 Å². The zero-order valence-corrected chi connectivity index (χ0v) is 17.9. The summed E-state index contributed by atoms with van der Waals surface area (Å²) in [6, 6.07) is 1.99. The van der Waals surface area contributed by atoms with Crippen molar-refractivity contribution in [1.29, 1.82) is 0 Å². The molecule has 1 heterocycles. The second-order valence-corrected chi connectivity index (χ2v) is 10.7. The molecule has 3 heteroatoms. The first-order valence-corrected chi connectivity index (χ1v) is 11.7. The van der Waals surface area contributed by atoms with E-state index < -0.39 is 0 Å². The van der Waals surface area contributed by atoms with Crippen LogP contribution < -0.4 is 0 Å². The predicted octanol–water partition coefficient (Wildman–Crippen LogP) is 5.59. The molecular formula is C25H36N2O. The minimum absolute atomic E-state index is 0.216. The maximum absolute atomic E-state index is 13.2. The van der Waals surface area contributed by atoms with Gasteiger partial charge in [0.05, 0.1) is 12.2 Å². The number of hydrogen-bond donors (Lipinski definition) is 0. The maximum atomic E-state index is 13.2. The molecular weight excluding hydrogens is 344 g/mol. The van der Waals surface area contributed by atoms with Crippen molar-refractivity contribution < 1.29 is 4.79 Å². The molecule has 5 rings (SSSR count). The lowest BCUT2D eigenvalue weighted by Gasteiger charge is -2.53. The topological polar surface area (TPSA) is 34.9 Å². The first-order chi connectivity index (χ1) is 13.5. The van der Waals surface area contributed by atoms with Crippen LogP contribution in [0, 0.1) is 47.8 Å². The zero-order chi connectivity index (χ0) is 19.5. The van der Waals surface area contributed by atoms with Gasteiger partial charge in [-0.05, 0) is 99.4 Å². The zero-order valence-electron chi connectivity index (χ0n) is 17.9. The molecule has 0 radical (unpaired) electrons. The third-order valence-corrected chi connectivity index (χ3v) is 9.17. The fraction of sp³-hybridized carbons (Fsp3) is 0.760. The number of aryl methyl sites for hydroxylation is 1. The Morgan fingerprint density at radius 1 is 1.21 bits per heavy atom. The molecule has 1 aromatic heterocycles. The second-order valence-electron chi connectivity index (χ2n) is 10.7. The van der Waals surface area contributed by atoms with Crippen molar-refractivity contribution in [2.75, 3.05) is 0 Å². The van der Waals surface area contributed by atoms with Crippen molar-refractivity contribution in [1.82, 2.24) is 9.78 Å². The van der Waals surface area contributed by atoms with E-state index in [0.717, 1.165) is 41.7 Å². The predicted molar refractivity (Wildman–Crippen MR) is 112 cm³/mol. The summed E-state index contributed by atoms with van der Waals surface area (Å²) in [6.45, 7) is 7.33. The van der Waals surface area contributed by atoms with Crippen molar-refractivity contribution in [2.24, 2.45) is 40.9 Å². The highest BCUT2D eigenvalue weighted by atomic mass is 16.1. The maximum Gasteiger partial charge on any atom is 0.157 e. The fourth-order valence-corrected chi connectivity index (χ4v) is 7.82. The molecule has 0 aliphatic heterocycles. The summed E-state index contributed by atoms with van der Waals surface area (Å²) in [4.78, 5) is 13.2. The summed E-state index contributed by atoms with van der Waals surface area (Å²) in [7, 11) is 0. The summed E-state index contributed by atoms with van der Waals surface area (Å²) in [5.74, 6) is 4.87. The third kappa shape index (κ3) is 2.92. The van der Waals surface area contributed by atoms with E-state index in [1.165, 1.54) is 44.9 Å². The van der Waals surface area contributed by atoms with Crippen molar-refractivity contribution >= 4 is 5.78 Å². The molecule has 0 N–H and O–H groups in total. The van der Waals surface area contributed by atoms with E-state index in [-0.39, 0.29) is 11.3 Å². The highest BCUT2D eigenvalue weighted by Gasteiger charge is 2.57. The molecule has 0 spiro atoms. The lowest BCUT2D eigenvalue weighted by Crippen LogP contribution is -2.47. The van der Waals surface area contributed by atoms with Crippen LogP contribution in [-0.2, 0) is 11.3 Å². The van der Waals surface area contributed by atoms with Crippen LogP contribution in [0.2, 0.25) is 0 Å². The molecule has 3 nitrogen and oxygen atoms in total. The van der Waals surface area contributed by atoms with E-state index in [9.17, 15) is 4.79 Å². The summed E-state index contributed by atoms with van der Waals surface area (Å²) >= 11 is 0. The minimum Gasteiger partial charge on any atom is -0.297 e. The van der Waals surface area contributed by atoms with Crippen LogP contribution in [0.3, 0.4) is 0 Å². The van der Waals surface area contributed by atoms with Crippen LogP contribution >= 0.6 is 0 Å². The quantitative estimate of drug-likeness (QED) is 0.641. The van der Waals surface area contributed by atoms with Crippen LogP contribution in [0.25, 0.3) is 0 Å². The molecule has 0 saturated heterocycles. The van der Waals surface area contributed by atoms with Gasteiger partial charge in [0.1, 0.15) is 0 Å². The van der Waals surface area contributed by atoms with Crippen molar-refractivity contribution in [3.05, 3.63) is 29.6 Å². The van der Waals surface area contributed by atoms with E-state index >= 15 is 0 Å². The fourth-order valence-electron chi connectivity index (χ4n) is 7.82. The highest BCUT2D eigenvalue weighted by molar-refractivity contribution is 5.82. The van der Waals surface area contributed by atoms with Gasteiger partial charge < -0.3 is 0 Å². The largest absolute Gasteiger partial charge is 0.297 e. The summed E-state index contributed by atoms with van der Waals surface area (Å²) in [5, 5.41) is 4.45. The number of ketones is 1. The van der Waals surface area contributed by atoms with Crippen LogP contribution in [-0.4, -0.2) is 15.6 Å². The Morgan fingerprint density at radius 3 is 2.86 bits per heavy atom. The Hall–Kier alpha value is -1.38. The second kappa shape index (κ2) is 6.85. The molecule has 3 fully saturated rings. The van der Waals surface area contributed by atoms with Gasteiger partial charge in [-0.15, -0.1) is 0 Å². The van der Waals surface area contributed by atoms with Gasteiger partial charge in [0.2, 0.25) is 0 Å². The van der Waals surface area contributed by atoms with Gasteiger partial charge in [0, 0.05) is 12.1 Å². The van der Waals surface area contributed by atoms with Gasteiger partial charge in [-0.1, -0.05) is 25.5 Å². The molecule has 3 saturated carbocycles. The van der Waals surface area contributed by atoms with Crippen molar-refractivity contribution in [2.45, 2.75) is 78.7 Å². The minimum atomic E-state index is 0.216. The summed E-state index contributed by atoms with van der Waals surface area (Å²) in [6.07, 6.45) is 15.0. The SMILES string of the molecule is Cc1ccn(CC(=O)C2CCC3C4CC=C5CC(C)CCC5C4CCC23C)n1. The number of carbonyl (C=O) groups is 1. The summed E-state index contributed by atoms with van der Waals surface area (Å²) in [5.41, 5.74) is 3.01. The van der Waals surface area contributed by atoms with Crippen LogP contribution in [0.5, 0.6) is 0 Å². The van der Waals surface area contributed by atoms with Gasteiger partial charge in [0.15, 0.2) is 5.78 Å². The average Bonchev–Trinajstić information content (AvgIpc) is 3.23. The standard InChI is InChI=1S/C25H36N2O/c1-16-4-6-19-18(14-16)5-7-21-20(19)10-12-25(3)22(21)8-9-23(25)24(28)15-27-13-11-17(2)26-27/h5,11,13,16,19-23H,4,6-10,12,14-15H2,1-3H3. The first kappa shape index (κ1) is 18.6. The Kier molecular flexibility index (Phi) is 4.56. The number of carbonyl (C=O) groups excluding carboxylic acids is 1. The van der Waals surface area contributed by atoms with Gasteiger partial charge in [-0.2, -0.15) is 5.10 Å². The van der Waals surface area contributed by atoms with Gasteiger partial charge >= 0.3 is 0 Å². The monoisotopic (exact) mass is 380 g/mol. The number of Topliss-reactive ketones (excluding diaryl/α,β-unsaturated/α-hetero) is 1. The van der Waals surface area contributed by atoms with Crippen LogP contribution in [0.15, 0.2) is 23.9 Å². The van der Waals surface area contributed by atoms with Gasteiger partial charge in [-0.25, -0.2) is 0 Å². The Morgan fingerprint density at radius 2 is 2.07 bits per heavy atom. The molecule has 28 heavy (non-hydrogen) atoms. The van der Waals surface area contributed by atoms with E-state index in [4.69, 9.17) is 0 Å². The van der Waals surface area contributed by atoms with Crippen molar-refractivity contribution in [3.63, 3.8) is 0 Å². The van der Waals surface area contributed by atoms with Crippen LogP contribution in [0.1, 0.15) is 70.9 Å². The number of hydrogen-bond acceptors (Lipinski definition) is 2. The van der Waals surface area contributed by atoms with Crippen molar-refractivity contribution in [3.8, 4) is 0 Å². The number of rotatable bonds is 3. The van der Waals surface area contributed by atoms with E-state index in [0.29, 0.717) is 12.3 Å². The molecule has 7 unspecified atom stereocenters. The Bertz CT molecular complexity index is 792.